The van der Waals surface area contributed by atoms with Gasteiger partial charge in [-0.05, 0) is 50.6 Å². The molecular formula is C20H27N3O3S. The number of amides is 1. The molecule has 146 valence electrons. The van der Waals surface area contributed by atoms with Crippen LogP contribution in [0.25, 0.3) is 11.3 Å². The molecule has 6 nitrogen and oxygen atoms in total. The van der Waals surface area contributed by atoms with Crippen molar-refractivity contribution in [3.63, 3.8) is 0 Å². The molecule has 2 atom stereocenters. The summed E-state index contributed by atoms with van der Waals surface area (Å²) in [6.07, 6.45) is 6.89. The first-order valence-electron chi connectivity index (χ1n) is 9.19. The number of hydrogen-bond donors (Lipinski definition) is 1. The third kappa shape index (κ3) is 4.08. The molecule has 2 heterocycles. The van der Waals surface area contributed by atoms with Gasteiger partial charge in [0.25, 0.3) is 0 Å². The van der Waals surface area contributed by atoms with Crippen molar-refractivity contribution in [2.75, 3.05) is 27.0 Å². The largest absolute Gasteiger partial charge is 0.493 e. The summed E-state index contributed by atoms with van der Waals surface area (Å²) in [5, 5.41) is -0.0362. The van der Waals surface area contributed by atoms with E-state index in [1.165, 1.54) is 0 Å². The Bertz CT molecular complexity index is 793. The van der Waals surface area contributed by atoms with Gasteiger partial charge in [0.05, 0.1) is 37.4 Å². The van der Waals surface area contributed by atoms with E-state index in [0.29, 0.717) is 11.5 Å². The number of nitrogens with zero attached hydrogens (tertiary/aromatic N) is 2. The lowest BCUT2D eigenvalue weighted by Gasteiger charge is -2.36. The molecule has 1 aliphatic rings. The van der Waals surface area contributed by atoms with E-state index < -0.39 is 0 Å². The summed E-state index contributed by atoms with van der Waals surface area (Å²) < 4.78 is 10.7. The number of hydrogen-bond acceptors (Lipinski definition) is 5. The molecule has 1 aromatic carbocycles. The van der Waals surface area contributed by atoms with Gasteiger partial charge in [0.15, 0.2) is 11.5 Å². The lowest BCUT2D eigenvalue weighted by atomic mass is 10.0. The average molecular weight is 390 g/mol. The van der Waals surface area contributed by atoms with Crippen LogP contribution in [0.1, 0.15) is 38.1 Å². The van der Waals surface area contributed by atoms with Gasteiger partial charge in [-0.3, -0.25) is 4.79 Å². The number of methoxy groups -OCH3 is 2. The minimum atomic E-state index is -0.0362. The van der Waals surface area contributed by atoms with Crippen molar-refractivity contribution in [3.05, 3.63) is 30.2 Å². The number of carbonyl (C=O) groups is 1. The number of H-pyrrole nitrogens is 1. The van der Waals surface area contributed by atoms with Crippen LogP contribution < -0.4 is 9.47 Å². The van der Waals surface area contributed by atoms with E-state index >= 15 is 0 Å². The lowest BCUT2D eigenvalue weighted by molar-refractivity contribution is -0.134. The number of ether oxygens (including phenoxy) is 2. The maximum Gasteiger partial charge on any atom is 0.236 e. The molecule has 1 saturated heterocycles. The van der Waals surface area contributed by atoms with Crippen LogP contribution in [0.3, 0.4) is 0 Å². The fraction of sp³-hybridized carbons (Fsp3) is 0.500. The van der Waals surface area contributed by atoms with Crippen molar-refractivity contribution in [2.45, 2.75) is 37.5 Å². The Morgan fingerprint density at radius 3 is 2.78 bits per heavy atom. The number of nitrogens with one attached hydrogen (secondary N) is 1. The minimum Gasteiger partial charge on any atom is -0.493 e. The molecule has 2 unspecified atom stereocenters. The number of aromatic nitrogens is 2. The Labute approximate surface area is 164 Å². The first-order chi connectivity index (χ1) is 13.1. The zero-order chi connectivity index (χ0) is 19.4. The molecule has 3 rings (SSSR count). The Morgan fingerprint density at radius 1 is 1.30 bits per heavy atom. The summed E-state index contributed by atoms with van der Waals surface area (Å²) in [6.45, 7) is 2.76. The molecular weight excluding hydrogens is 362 g/mol. The molecule has 7 heteroatoms. The Morgan fingerprint density at radius 2 is 2.07 bits per heavy atom. The van der Waals surface area contributed by atoms with E-state index in [1.807, 2.05) is 42.5 Å². The van der Waals surface area contributed by atoms with Crippen LogP contribution in [-0.4, -0.2) is 53.0 Å². The third-order valence-electron chi connectivity index (χ3n) is 5.09. The van der Waals surface area contributed by atoms with Crippen molar-refractivity contribution < 1.29 is 14.3 Å². The molecule has 0 saturated carbocycles. The lowest BCUT2D eigenvalue weighted by Crippen LogP contribution is -2.42. The third-order valence-corrected chi connectivity index (χ3v) is 6.00. The van der Waals surface area contributed by atoms with Gasteiger partial charge in [-0.1, -0.05) is 0 Å². The number of carbonyl (C=O) groups excluding carboxylic acids is 1. The molecule has 0 bridgehead atoms. The summed E-state index contributed by atoms with van der Waals surface area (Å²) in [5.41, 5.74) is 1.87. The predicted octanol–water partition coefficient (Wildman–Crippen LogP) is 3.90. The van der Waals surface area contributed by atoms with Crippen molar-refractivity contribution in [3.8, 4) is 22.8 Å². The SMILES string of the molecule is COc1ccc(-c2cnc(C3CCCCN3C(=O)C(C)SC)[nH]2)cc1OC. The highest BCUT2D eigenvalue weighted by Crippen LogP contribution is 2.34. The van der Waals surface area contributed by atoms with Gasteiger partial charge >= 0.3 is 0 Å². The second-order valence-corrected chi connectivity index (χ2v) is 7.85. The Hall–Kier alpha value is -2.15. The molecule has 0 spiro atoms. The Balaban J connectivity index is 1.86. The maximum atomic E-state index is 12.8. The number of benzene rings is 1. The molecule has 2 aromatic rings. The molecule has 1 aliphatic heterocycles. The zero-order valence-electron chi connectivity index (χ0n) is 16.3. The van der Waals surface area contributed by atoms with Crippen LogP contribution in [0.2, 0.25) is 0 Å². The first kappa shape index (κ1) is 19.6. The summed E-state index contributed by atoms with van der Waals surface area (Å²) in [4.78, 5) is 22.8. The molecule has 1 amide bonds. The van der Waals surface area contributed by atoms with Crippen LogP contribution in [0.4, 0.5) is 0 Å². The van der Waals surface area contributed by atoms with Crippen LogP contribution in [0.15, 0.2) is 24.4 Å². The average Bonchev–Trinajstić information content (AvgIpc) is 3.22. The standard InChI is InChI=1S/C20H27N3O3S/c1-13(27-4)20(24)23-10-6-5-7-16(23)19-21-12-15(22-19)14-8-9-17(25-2)18(11-14)26-3/h8-9,11-13,16H,5-7,10H2,1-4H3,(H,21,22). The molecule has 1 N–H and O–H groups in total. The number of rotatable bonds is 6. The molecule has 0 radical (unpaired) electrons. The minimum absolute atomic E-state index is 0.00902. The van der Waals surface area contributed by atoms with E-state index in [0.717, 1.165) is 42.9 Å². The van der Waals surface area contributed by atoms with Gasteiger partial charge in [0.1, 0.15) is 5.82 Å². The molecule has 0 aliphatic carbocycles. The quantitative estimate of drug-likeness (QED) is 0.812. The number of imidazole rings is 1. The summed E-state index contributed by atoms with van der Waals surface area (Å²) in [7, 11) is 3.24. The van der Waals surface area contributed by atoms with Crippen molar-refractivity contribution >= 4 is 17.7 Å². The van der Waals surface area contributed by atoms with Gasteiger partial charge in [-0.25, -0.2) is 4.98 Å². The fourth-order valence-corrected chi connectivity index (χ4v) is 3.81. The van der Waals surface area contributed by atoms with E-state index in [1.54, 1.807) is 26.0 Å². The van der Waals surface area contributed by atoms with Gasteiger partial charge < -0.3 is 19.4 Å². The Kier molecular flexibility index (Phi) is 6.31. The van der Waals surface area contributed by atoms with E-state index in [-0.39, 0.29) is 17.2 Å². The molecule has 1 aromatic heterocycles. The number of piperidine rings is 1. The highest BCUT2D eigenvalue weighted by molar-refractivity contribution is 7.99. The summed E-state index contributed by atoms with van der Waals surface area (Å²) >= 11 is 1.59. The normalized spacial score (nSPS) is 18.2. The van der Waals surface area contributed by atoms with Gasteiger partial charge in [-0.2, -0.15) is 11.8 Å². The number of thioether (sulfide) groups is 1. The van der Waals surface area contributed by atoms with Gasteiger partial charge in [0, 0.05) is 12.1 Å². The number of likely N-dealkylation sites (tertiary alicyclic amines) is 1. The van der Waals surface area contributed by atoms with Crippen molar-refractivity contribution in [2.24, 2.45) is 0 Å². The van der Waals surface area contributed by atoms with Crippen molar-refractivity contribution in [1.29, 1.82) is 0 Å². The van der Waals surface area contributed by atoms with Gasteiger partial charge in [0.2, 0.25) is 5.91 Å². The monoisotopic (exact) mass is 389 g/mol. The number of aromatic amines is 1. The van der Waals surface area contributed by atoms with Crippen LogP contribution >= 0.6 is 11.8 Å². The van der Waals surface area contributed by atoms with Crippen LogP contribution in [-0.2, 0) is 4.79 Å². The second kappa shape index (κ2) is 8.69. The van der Waals surface area contributed by atoms with Gasteiger partial charge in [-0.15, -0.1) is 0 Å². The fourth-order valence-electron chi connectivity index (χ4n) is 3.47. The molecule has 1 fully saturated rings. The van der Waals surface area contributed by atoms with E-state index in [4.69, 9.17) is 9.47 Å². The topological polar surface area (TPSA) is 67.5 Å². The van der Waals surface area contributed by atoms with Crippen molar-refractivity contribution in [1.82, 2.24) is 14.9 Å². The predicted molar refractivity (Wildman–Crippen MR) is 108 cm³/mol. The van der Waals surface area contributed by atoms with Crippen LogP contribution in [0.5, 0.6) is 11.5 Å². The first-order valence-corrected chi connectivity index (χ1v) is 10.5. The highest BCUT2D eigenvalue weighted by atomic mass is 32.2. The summed E-state index contributed by atoms with van der Waals surface area (Å²) in [6, 6.07) is 5.79. The smallest absolute Gasteiger partial charge is 0.236 e. The second-order valence-electron chi connectivity index (χ2n) is 6.67. The van der Waals surface area contributed by atoms with E-state index in [2.05, 4.69) is 9.97 Å². The maximum absolute atomic E-state index is 12.8. The van der Waals surface area contributed by atoms with Crippen LogP contribution in [0, 0.1) is 0 Å². The molecule has 27 heavy (non-hydrogen) atoms. The van der Waals surface area contributed by atoms with E-state index in [9.17, 15) is 4.79 Å². The zero-order valence-corrected chi connectivity index (χ0v) is 17.1. The highest BCUT2D eigenvalue weighted by Gasteiger charge is 2.32. The summed E-state index contributed by atoms with van der Waals surface area (Å²) in [5.74, 6) is 2.41.